The zero-order valence-corrected chi connectivity index (χ0v) is 20.5. The number of ether oxygens (including phenoxy) is 1. The molecule has 3 aromatic rings. The maximum atomic E-state index is 12.1. The van der Waals surface area contributed by atoms with Gasteiger partial charge in [-0.2, -0.15) is 0 Å². The highest BCUT2D eigenvalue weighted by Gasteiger charge is 2.30. The van der Waals surface area contributed by atoms with E-state index in [0.29, 0.717) is 30.3 Å². The summed E-state index contributed by atoms with van der Waals surface area (Å²) in [6, 6.07) is 7.90. The number of likely N-dealkylation sites (tertiary alicyclic amines) is 1. The molecule has 2 amide bonds. The van der Waals surface area contributed by atoms with Crippen molar-refractivity contribution in [1.29, 1.82) is 0 Å². The first-order chi connectivity index (χ1) is 15.9. The third-order valence-corrected chi connectivity index (χ3v) is 8.12. The third kappa shape index (κ3) is 4.38. The van der Waals surface area contributed by atoms with Gasteiger partial charge in [0.05, 0.1) is 16.8 Å². The van der Waals surface area contributed by atoms with Gasteiger partial charge in [0.1, 0.15) is 11.9 Å². The maximum Gasteiger partial charge on any atom is 0.230 e. The van der Waals surface area contributed by atoms with Crippen molar-refractivity contribution in [3.63, 3.8) is 0 Å². The van der Waals surface area contributed by atoms with Crippen LogP contribution in [0.2, 0.25) is 5.02 Å². The van der Waals surface area contributed by atoms with Gasteiger partial charge in [-0.3, -0.25) is 19.5 Å². The van der Waals surface area contributed by atoms with Crippen LogP contribution in [-0.2, 0) is 16.1 Å². The van der Waals surface area contributed by atoms with E-state index in [4.69, 9.17) is 16.3 Å². The van der Waals surface area contributed by atoms with Gasteiger partial charge in [-0.1, -0.05) is 24.9 Å². The molecular formula is C26H27ClN2O3S. The summed E-state index contributed by atoms with van der Waals surface area (Å²) in [4.78, 5) is 31.0. The Morgan fingerprint density at radius 2 is 1.88 bits per heavy atom. The van der Waals surface area contributed by atoms with Crippen molar-refractivity contribution < 1.29 is 14.3 Å². The van der Waals surface area contributed by atoms with Gasteiger partial charge in [-0.05, 0) is 61.9 Å². The lowest BCUT2D eigenvalue weighted by molar-refractivity contribution is -0.138. The van der Waals surface area contributed by atoms with E-state index in [1.54, 1.807) is 17.5 Å². The first-order valence-corrected chi connectivity index (χ1v) is 12.8. The van der Waals surface area contributed by atoms with E-state index in [9.17, 15) is 9.59 Å². The molecule has 1 aromatic carbocycles. The van der Waals surface area contributed by atoms with Crippen LogP contribution in [0.1, 0.15) is 55.9 Å². The zero-order valence-electron chi connectivity index (χ0n) is 18.9. The molecule has 1 aliphatic heterocycles. The van der Waals surface area contributed by atoms with Crippen molar-refractivity contribution in [2.24, 2.45) is 5.92 Å². The molecule has 2 atom stereocenters. The van der Waals surface area contributed by atoms with Crippen LogP contribution in [-0.4, -0.2) is 27.8 Å². The van der Waals surface area contributed by atoms with Crippen molar-refractivity contribution in [3.8, 4) is 16.9 Å². The number of pyridine rings is 1. The van der Waals surface area contributed by atoms with Crippen LogP contribution in [0.15, 0.2) is 30.5 Å². The Morgan fingerprint density at radius 3 is 2.64 bits per heavy atom. The Labute approximate surface area is 202 Å². The molecule has 5 nitrogen and oxygen atoms in total. The minimum absolute atomic E-state index is 0.103. The molecule has 1 saturated heterocycles. The van der Waals surface area contributed by atoms with Crippen LogP contribution in [0.5, 0.6) is 5.75 Å². The van der Waals surface area contributed by atoms with Crippen molar-refractivity contribution in [1.82, 2.24) is 9.88 Å². The largest absolute Gasteiger partial charge is 0.489 e. The number of amides is 2. The Bertz CT molecular complexity index is 1220. The van der Waals surface area contributed by atoms with Gasteiger partial charge >= 0.3 is 0 Å². The lowest BCUT2D eigenvalue weighted by Gasteiger charge is -2.31. The van der Waals surface area contributed by atoms with Gasteiger partial charge in [0.2, 0.25) is 11.8 Å². The number of benzene rings is 1. The SMILES string of the molecule is Cc1cc(Cl)cc(-c2ccnc3cc(CN4C(=O)CCC4=O)sc23)c1O[C@H]1CCCC[C@H]1C. The highest BCUT2D eigenvalue weighted by atomic mass is 35.5. The lowest BCUT2D eigenvalue weighted by Crippen LogP contribution is -2.28. The molecule has 0 bridgehead atoms. The summed E-state index contributed by atoms with van der Waals surface area (Å²) in [5.41, 5.74) is 3.85. The standard InChI is InChI=1S/C26H27ClN2O3S/c1-15-5-3-4-6-22(15)32-25-16(2)11-17(27)12-20(25)19-9-10-28-21-13-18(33-26(19)21)14-29-23(30)7-8-24(29)31/h9-13,15,22H,3-8,14H2,1-2H3/t15-,22+/m1/s1. The van der Waals surface area contributed by atoms with E-state index in [2.05, 4.69) is 11.9 Å². The van der Waals surface area contributed by atoms with Crippen LogP contribution < -0.4 is 4.74 Å². The average molecular weight is 483 g/mol. The van der Waals surface area contributed by atoms with E-state index in [1.807, 2.05) is 31.2 Å². The fourth-order valence-electron chi connectivity index (χ4n) is 4.93. The normalized spacial score (nSPS) is 21.2. The topological polar surface area (TPSA) is 59.5 Å². The number of thiophene rings is 1. The predicted octanol–water partition coefficient (Wildman–Crippen LogP) is 6.53. The Hall–Kier alpha value is -2.44. The number of carbonyl (C=O) groups excluding carboxylic acids is 2. The number of hydrogen-bond acceptors (Lipinski definition) is 5. The Kier molecular flexibility index (Phi) is 6.14. The molecule has 1 aliphatic carbocycles. The molecule has 0 unspecified atom stereocenters. The van der Waals surface area contributed by atoms with Gasteiger partial charge < -0.3 is 4.74 Å². The van der Waals surface area contributed by atoms with Crippen LogP contribution >= 0.6 is 22.9 Å². The molecule has 3 heterocycles. The second-order valence-electron chi connectivity index (χ2n) is 9.18. The summed E-state index contributed by atoms with van der Waals surface area (Å²) >= 11 is 8.07. The van der Waals surface area contributed by atoms with E-state index in [-0.39, 0.29) is 17.9 Å². The molecule has 2 aliphatic rings. The Balaban J connectivity index is 1.55. The molecule has 1 saturated carbocycles. The second kappa shape index (κ2) is 9.07. The van der Waals surface area contributed by atoms with Gasteiger partial charge in [0.25, 0.3) is 0 Å². The van der Waals surface area contributed by atoms with E-state index in [1.165, 1.54) is 24.2 Å². The quantitative estimate of drug-likeness (QED) is 0.388. The highest BCUT2D eigenvalue weighted by Crippen LogP contribution is 2.43. The number of aromatic nitrogens is 1. The maximum absolute atomic E-state index is 12.1. The number of rotatable bonds is 5. The summed E-state index contributed by atoms with van der Waals surface area (Å²) in [5.74, 6) is 1.19. The number of nitrogens with zero attached hydrogens (tertiary/aromatic N) is 2. The molecule has 0 spiro atoms. The minimum Gasteiger partial charge on any atom is -0.489 e. The number of aryl methyl sites for hydroxylation is 1. The zero-order chi connectivity index (χ0) is 23.1. The van der Waals surface area contributed by atoms with Gasteiger partial charge in [0.15, 0.2) is 0 Å². The van der Waals surface area contributed by atoms with Crippen molar-refractivity contribution in [2.75, 3.05) is 0 Å². The number of halogens is 1. The highest BCUT2D eigenvalue weighted by molar-refractivity contribution is 7.19. The molecular weight excluding hydrogens is 456 g/mol. The van der Waals surface area contributed by atoms with E-state index >= 15 is 0 Å². The third-order valence-electron chi connectivity index (χ3n) is 6.76. The first-order valence-electron chi connectivity index (χ1n) is 11.6. The van der Waals surface area contributed by atoms with Crippen molar-refractivity contribution >= 4 is 45.0 Å². The van der Waals surface area contributed by atoms with E-state index < -0.39 is 0 Å². The number of fused-ring (bicyclic) bond motifs is 1. The van der Waals surface area contributed by atoms with E-state index in [0.717, 1.165) is 44.0 Å². The fraction of sp³-hybridized carbons (Fsp3) is 0.423. The Morgan fingerprint density at radius 1 is 1.12 bits per heavy atom. The van der Waals surface area contributed by atoms with Crippen LogP contribution in [0.25, 0.3) is 21.3 Å². The van der Waals surface area contributed by atoms with Crippen LogP contribution in [0, 0.1) is 12.8 Å². The first kappa shape index (κ1) is 22.4. The number of imide groups is 1. The van der Waals surface area contributed by atoms with Crippen molar-refractivity contribution in [2.45, 2.75) is 65.0 Å². The molecule has 5 rings (SSSR count). The summed E-state index contributed by atoms with van der Waals surface area (Å²) < 4.78 is 7.67. The summed E-state index contributed by atoms with van der Waals surface area (Å²) in [7, 11) is 0. The molecule has 2 aromatic heterocycles. The van der Waals surface area contributed by atoms with Gasteiger partial charge in [-0.25, -0.2) is 0 Å². The lowest BCUT2D eigenvalue weighted by atomic mass is 9.88. The monoisotopic (exact) mass is 482 g/mol. The smallest absolute Gasteiger partial charge is 0.230 e. The van der Waals surface area contributed by atoms with Gasteiger partial charge in [-0.15, -0.1) is 11.3 Å². The molecule has 33 heavy (non-hydrogen) atoms. The molecule has 0 N–H and O–H groups in total. The molecule has 2 fully saturated rings. The van der Waals surface area contributed by atoms with Gasteiger partial charge in [0, 0.05) is 40.1 Å². The molecule has 172 valence electrons. The number of hydrogen-bond donors (Lipinski definition) is 0. The van der Waals surface area contributed by atoms with Crippen LogP contribution in [0.3, 0.4) is 0 Å². The molecule has 0 radical (unpaired) electrons. The fourth-order valence-corrected chi connectivity index (χ4v) is 6.33. The number of carbonyl (C=O) groups is 2. The molecule has 7 heteroatoms. The predicted molar refractivity (Wildman–Crippen MR) is 132 cm³/mol. The minimum atomic E-state index is -0.103. The van der Waals surface area contributed by atoms with Crippen LogP contribution in [0.4, 0.5) is 0 Å². The summed E-state index contributed by atoms with van der Waals surface area (Å²) in [6.07, 6.45) is 7.30. The van der Waals surface area contributed by atoms with Crippen molar-refractivity contribution in [3.05, 3.63) is 45.9 Å². The second-order valence-corrected chi connectivity index (χ2v) is 10.7. The average Bonchev–Trinajstić information content (AvgIpc) is 3.34. The summed E-state index contributed by atoms with van der Waals surface area (Å²) in [5, 5.41) is 0.668. The summed E-state index contributed by atoms with van der Waals surface area (Å²) in [6.45, 7) is 4.61.